The highest BCUT2D eigenvalue weighted by molar-refractivity contribution is 5.97. The van der Waals surface area contributed by atoms with Crippen molar-refractivity contribution < 1.29 is 14.0 Å². The molecule has 2 aromatic rings. The predicted octanol–water partition coefficient (Wildman–Crippen LogP) is 2.25. The molecule has 142 valence electrons. The molecule has 3 rings (SSSR count). The minimum atomic E-state index is -0.334. The van der Waals surface area contributed by atoms with Crippen LogP contribution in [-0.4, -0.2) is 34.5 Å². The van der Waals surface area contributed by atoms with Gasteiger partial charge in [-0.25, -0.2) is 9.37 Å². The summed E-state index contributed by atoms with van der Waals surface area (Å²) < 4.78 is 15.5. The zero-order valence-corrected chi connectivity index (χ0v) is 15.1. The van der Waals surface area contributed by atoms with Crippen LogP contribution >= 0.6 is 0 Å². The Balaban J connectivity index is 1.72. The van der Waals surface area contributed by atoms with Gasteiger partial charge in [-0.05, 0) is 37.3 Å². The largest absolute Gasteiger partial charge is 0.350 e. The molecule has 2 N–H and O–H groups in total. The summed E-state index contributed by atoms with van der Waals surface area (Å²) in [5.74, 6) is -0.679. The van der Waals surface area contributed by atoms with Gasteiger partial charge in [0.1, 0.15) is 11.5 Å². The molecule has 1 aromatic carbocycles. The van der Waals surface area contributed by atoms with E-state index >= 15 is 0 Å². The molecule has 1 aliphatic rings. The van der Waals surface area contributed by atoms with Crippen molar-refractivity contribution in [2.75, 3.05) is 13.1 Å². The third-order valence-electron chi connectivity index (χ3n) is 4.58. The molecule has 0 saturated heterocycles. The number of nitrogens with zero attached hydrogens (tertiary/aromatic N) is 2. The number of hydrogen-bond donors (Lipinski definition) is 2. The number of hydrogen-bond acceptors (Lipinski definition) is 3. The van der Waals surface area contributed by atoms with E-state index in [1.807, 2.05) is 4.57 Å². The average molecular weight is 370 g/mol. The summed E-state index contributed by atoms with van der Waals surface area (Å²) in [6, 6.07) is 6.49. The predicted molar refractivity (Wildman–Crippen MR) is 100 cm³/mol. The second-order valence-electron chi connectivity index (χ2n) is 6.44. The van der Waals surface area contributed by atoms with E-state index in [0.29, 0.717) is 38.0 Å². The lowest BCUT2D eigenvalue weighted by Crippen LogP contribution is -2.28. The molecule has 0 saturated carbocycles. The van der Waals surface area contributed by atoms with Crippen LogP contribution in [-0.2, 0) is 19.4 Å². The third kappa shape index (κ3) is 4.24. The molecule has 0 bridgehead atoms. The zero-order chi connectivity index (χ0) is 19.2. The van der Waals surface area contributed by atoms with E-state index in [4.69, 9.17) is 0 Å². The Kier molecular flexibility index (Phi) is 6.01. The summed E-state index contributed by atoms with van der Waals surface area (Å²) in [6.07, 6.45) is 4.58. The fraction of sp³-hybridized carbons (Fsp3) is 0.350. The number of imidazole rings is 1. The molecular weight excluding hydrogens is 347 g/mol. The number of carbonyl (C=O) groups is 2. The van der Waals surface area contributed by atoms with Gasteiger partial charge in [0.2, 0.25) is 0 Å². The summed E-state index contributed by atoms with van der Waals surface area (Å²) in [4.78, 5) is 29.3. The Morgan fingerprint density at radius 2 is 2.04 bits per heavy atom. The van der Waals surface area contributed by atoms with Crippen molar-refractivity contribution in [1.29, 1.82) is 0 Å². The number of benzene rings is 1. The highest BCUT2D eigenvalue weighted by atomic mass is 19.1. The highest BCUT2D eigenvalue weighted by Crippen LogP contribution is 2.21. The molecule has 0 fully saturated rings. The number of fused-ring (bicyclic) bond motifs is 1. The highest BCUT2D eigenvalue weighted by Gasteiger charge is 2.27. The molecule has 0 unspecified atom stereocenters. The van der Waals surface area contributed by atoms with Gasteiger partial charge in [0.25, 0.3) is 11.8 Å². The minimum absolute atomic E-state index is 0.255. The van der Waals surface area contributed by atoms with E-state index in [-0.39, 0.29) is 29.1 Å². The van der Waals surface area contributed by atoms with Crippen molar-refractivity contribution >= 4 is 11.8 Å². The zero-order valence-electron chi connectivity index (χ0n) is 15.1. The first-order valence-electron chi connectivity index (χ1n) is 9.12. The SMILES string of the molecule is C=CCNC(=O)c1nc(C(=O)NCCc2ccccc2F)c2n1CCCC2. The van der Waals surface area contributed by atoms with Crippen LogP contribution in [0.4, 0.5) is 4.39 Å². The minimum Gasteiger partial charge on any atom is -0.350 e. The summed E-state index contributed by atoms with van der Waals surface area (Å²) in [6.45, 7) is 4.88. The first-order chi connectivity index (χ1) is 13.1. The van der Waals surface area contributed by atoms with E-state index in [1.54, 1.807) is 24.3 Å². The van der Waals surface area contributed by atoms with Crippen molar-refractivity contribution in [3.05, 3.63) is 65.5 Å². The van der Waals surface area contributed by atoms with Gasteiger partial charge in [-0.1, -0.05) is 24.3 Å². The Hall–Kier alpha value is -2.96. The van der Waals surface area contributed by atoms with E-state index < -0.39 is 0 Å². The van der Waals surface area contributed by atoms with E-state index in [0.717, 1.165) is 18.5 Å². The molecule has 0 aliphatic carbocycles. The van der Waals surface area contributed by atoms with Gasteiger partial charge in [0, 0.05) is 19.6 Å². The fourth-order valence-electron chi connectivity index (χ4n) is 3.24. The molecule has 1 aliphatic heterocycles. The monoisotopic (exact) mass is 370 g/mol. The number of halogens is 1. The van der Waals surface area contributed by atoms with Gasteiger partial charge in [0.05, 0.1) is 5.69 Å². The van der Waals surface area contributed by atoms with E-state index in [2.05, 4.69) is 22.2 Å². The quantitative estimate of drug-likeness (QED) is 0.734. The van der Waals surface area contributed by atoms with Crippen LogP contribution in [0.15, 0.2) is 36.9 Å². The van der Waals surface area contributed by atoms with Gasteiger partial charge in [-0.3, -0.25) is 9.59 Å². The summed E-state index contributed by atoms with van der Waals surface area (Å²) >= 11 is 0. The Bertz CT molecular complexity index is 860. The fourth-order valence-corrected chi connectivity index (χ4v) is 3.24. The number of rotatable bonds is 7. The third-order valence-corrected chi connectivity index (χ3v) is 4.58. The molecule has 2 amide bonds. The van der Waals surface area contributed by atoms with E-state index in [1.165, 1.54) is 6.07 Å². The molecule has 6 nitrogen and oxygen atoms in total. The molecule has 27 heavy (non-hydrogen) atoms. The Labute approximate surface area is 157 Å². The van der Waals surface area contributed by atoms with Gasteiger partial charge in [0.15, 0.2) is 5.82 Å². The summed E-state index contributed by atoms with van der Waals surface area (Å²) in [5.41, 5.74) is 1.62. The number of nitrogens with one attached hydrogen (secondary N) is 2. The molecule has 0 spiro atoms. The van der Waals surface area contributed by atoms with Crippen molar-refractivity contribution in [1.82, 2.24) is 20.2 Å². The van der Waals surface area contributed by atoms with Crippen molar-refractivity contribution in [3.63, 3.8) is 0 Å². The topological polar surface area (TPSA) is 76.0 Å². The van der Waals surface area contributed by atoms with Crippen LogP contribution < -0.4 is 10.6 Å². The standard InChI is InChI=1S/C20H23FN4O2/c1-2-11-22-20(27)18-24-17(16-9-5-6-13-25(16)18)19(26)23-12-10-14-7-3-4-8-15(14)21/h2-4,7-8H,1,5-6,9-13H2,(H,22,27)(H,23,26). The first kappa shape index (κ1) is 18.8. The maximum absolute atomic E-state index is 13.7. The summed E-state index contributed by atoms with van der Waals surface area (Å²) in [7, 11) is 0. The Morgan fingerprint density at radius 3 is 2.81 bits per heavy atom. The molecule has 1 aromatic heterocycles. The van der Waals surface area contributed by atoms with Crippen LogP contribution in [0, 0.1) is 5.82 Å². The lowest BCUT2D eigenvalue weighted by molar-refractivity contribution is 0.0942. The molecular formula is C20H23FN4O2. The first-order valence-corrected chi connectivity index (χ1v) is 9.12. The number of aromatic nitrogens is 2. The van der Waals surface area contributed by atoms with Gasteiger partial charge in [-0.15, -0.1) is 6.58 Å². The van der Waals surface area contributed by atoms with Crippen LogP contribution in [0.3, 0.4) is 0 Å². The van der Waals surface area contributed by atoms with Crippen LogP contribution in [0.2, 0.25) is 0 Å². The van der Waals surface area contributed by atoms with Crippen LogP contribution in [0.25, 0.3) is 0 Å². The van der Waals surface area contributed by atoms with Crippen LogP contribution in [0.1, 0.15) is 45.2 Å². The summed E-state index contributed by atoms with van der Waals surface area (Å²) in [5, 5.41) is 5.50. The molecule has 7 heteroatoms. The lowest BCUT2D eigenvalue weighted by Gasteiger charge is -2.17. The molecule has 2 heterocycles. The number of amides is 2. The van der Waals surface area contributed by atoms with Gasteiger partial charge in [-0.2, -0.15) is 0 Å². The van der Waals surface area contributed by atoms with Crippen LogP contribution in [0.5, 0.6) is 0 Å². The van der Waals surface area contributed by atoms with Gasteiger partial charge < -0.3 is 15.2 Å². The van der Waals surface area contributed by atoms with Gasteiger partial charge >= 0.3 is 0 Å². The smallest absolute Gasteiger partial charge is 0.287 e. The second-order valence-corrected chi connectivity index (χ2v) is 6.44. The maximum atomic E-state index is 13.7. The van der Waals surface area contributed by atoms with Crippen molar-refractivity contribution in [3.8, 4) is 0 Å². The maximum Gasteiger partial charge on any atom is 0.287 e. The van der Waals surface area contributed by atoms with Crippen molar-refractivity contribution in [2.24, 2.45) is 0 Å². The second kappa shape index (κ2) is 8.62. The average Bonchev–Trinajstić information content (AvgIpc) is 3.07. The van der Waals surface area contributed by atoms with E-state index in [9.17, 15) is 14.0 Å². The molecule has 0 atom stereocenters. The normalized spacial score (nSPS) is 12.9. The molecule has 0 radical (unpaired) electrons. The lowest BCUT2D eigenvalue weighted by atomic mass is 10.1. The number of carbonyl (C=O) groups excluding carboxylic acids is 2. The Morgan fingerprint density at radius 1 is 1.22 bits per heavy atom. The van der Waals surface area contributed by atoms with Crippen molar-refractivity contribution in [2.45, 2.75) is 32.2 Å².